The molecule has 1 aliphatic heterocycles. The first-order valence-corrected chi connectivity index (χ1v) is 9.74. The molecule has 0 N–H and O–H groups in total. The second-order valence-corrected chi connectivity index (χ2v) is 7.83. The number of likely N-dealkylation sites (tertiary alicyclic amines) is 1. The highest BCUT2D eigenvalue weighted by molar-refractivity contribution is 5.99. The third-order valence-electron chi connectivity index (χ3n) is 6.01. The Balaban J connectivity index is 1.37. The van der Waals surface area contributed by atoms with Crippen LogP contribution >= 0.6 is 0 Å². The summed E-state index contributed by atoms with van der Waals surface area (Å²) in [6, 6.07) is 15.5. The smallest absolute Gasteiger partial charge is 0.410 e. The Morgan fingerprint density at radius 1 is 1.07 bits per heavy atom. The van der Waals surface area contributed by atoms with Gasteiger partial charge in [-0.2, -0.15) is 0 Å². The first-order chi connectivity index (χ1) is 13.6. The minimum atomic E-state index is -0.272. The van der Waals surface area contributed by atoms with Gasteiger partial charge in [-0.1, -0.05) is 36.4 Å². The molecule has 1 heterocycles. The Bertz CT molecular complexity index is 869. The number of hydrogen-bond acceptors (Lipinski definition) is 4. The molecule has 1 amide bonds. The molecule has 1 aliphatic carbocycles. The maximum atomic E-state index is 12.7. The third-order valence-corrected chi connectivity index (χ3v) is 6.01. The van der Waals surface area contributed by atoms with Crippen LogP contribution in [0.25, 0.3) is 0 Å². The van der Waals surface area contributed by atoms with Gasteiger partial charge in [0.2, 0.25) is 0 Å². The van der Waals surface area contributed by atoms with E-state index in [9.17, 15) is 9.59 Å². The zero-order valence-corrected chi connectivity index (χ0v) is 16.1. The molecule has 2 aromatic carbocycles. The molecule has 2 aromatic rings. The summed E-state index contributed by atoms with van der Waals surface area (Å²) in [5, 5.41) is 0. The van der Waals surface area contributed by atoms with Crippen LogP contribution in [0.15, 0.2) is 48.5 Å². The number of nitrogens with zero attached hydrogens (tertiary/aromatic N) is 1. The van der Waals surface area contributed by atoms with Gasteiger partial charge in [-0.15, -0.1) is 0 Å². The van der Waals surface area contributed by atoms with E-state index in [0.29, 0.717) is 19.5 Å². The van der Waals surface area contributed by atoms with E-state index in [1.165, 1.54) is 0 Å². The molecule has 2 aliphatic rings. The van der Waals surface area contributed by atoms with Crippen LogP contribution < -0.4 is 4.74 Å². The lowest BCUT2D eigenvalue weighted by molar-refractivity contribution is 0.0522. The van der Waals surface area contributed by atoms with Crippen LogP contribution in [0.5, 0.6) is 5.75 Å². The zero-order valence-electron chi connectivity index (χ0n) is 16.1. The molecule has 0 unspecified atom stereocenters. The van der Waals surface area contributed by atoms with Gasteiger partial charge < -0.3 is 14.4 Å². The number of hydrogen-bond donors (Lipinski definition) is 0. The number of methoxy groups -OCH3 is 1. The molecule has 0 saturated carbocycles. The Hall–Kier alpha value is -2.82. The summed E-state index contributed by atoms with van der Waals surface area (Å²) in [5.41, 5.74) is 2.82. The molecule has 5 heteroatoms. The van der Waals surface area contributed by atoms with Crippen molar-refractivity contribution in [2.45, 2.75) is 32.3 Å². The van der Waals surface area contributed by atoms with E-state index in [1.807, 2.05) is 48.5 Å². The van der Waals surface area contributed by atoms with Crippen molar-refractivity contribution in [1.29, 1.82) is 0 Å². The van der Waals surface area contributed by atoms with Crippen LogP contribution in [-0.4, -0.2) is 37.0 Å². The molecular formula is C23H25NO4. The number of benzene rings is 2. The van der Waals surface area contributed by atoms with Gasteiger partial charge in [-0.3, -0.25) is 4.79 Å². The molecule has 146 valence electrons. The average Bonchev–Trinajstić information content (AvgIpc) is 2.73. The molecular weight excluding hydrogens is 354 g/mol. The van der Waals surface area contributed by atoms with Crippen LogP contribution in [0.2, 0.25) is 0 Å². The summed E-state index contributed by atoms with van der Waals surface area (Å²) in [6.07, 6.45) is 2.80. The average molecular weight is 379 g/mol. The first kappa shape index (κ1) is 18.5. The van der Waals surface area contributed by atoms with Crippen molar-refractivity contribution in [3.8, 4) is 5.75 Å². The normalized spacial score (nSPS) is 17.9. The molecule has 0 atom stereocenters. The topological polar surface area (TPSA) is 55.8 Å². The number of carbonyl (C=O) groups is 2. The van der Waals surface area contributed by atoms with Crippen molar-refractivity contribution in [2.75, 3.05) is 20.2 Å². The van der Waals surface area contributed by atoms with Gasteiger partial charge >= 0.3 is 6.09 Å². The van der Waals surface area contributed by atoms with Crippen LogP contribution in [0, 0.1) is 5.41 Å². The van der Waals surface area contributed by atoms with Crippen LogP contribution in [0.1, 0.15) is 40.7 Å². The van der Waals surface area contributed by atoms with Gasteiger partial charge in [0.05, 0.1) is 7.11 Å². The van der Waals surface area contributed by atoms with E-state index in [0.717, 1.165) is 41.7 Å². The highest BCUT2D eigenvalue weighted by Crippen LogP contribution is 2.44. The molecule has 28 heavy (non-hydrogen) atoms. The predicted octanol–water partition coefficient (Wildman–Crippen LogP) is 4.24. The molecule has 5 nitrogen and oxygen atoms in total. The largest absolute Gasteiger partial charge is 0.497 e. The predicted molar refractivity (Wildman–Crippen MR) is 106 cm³/mol. The van der Waals surface area contributed by atoms with Gasteiger partial charge in [0.1, 0.15) is 12.4 Å². The SMILES string of the molecule is COc1ccc2c(c1)C(=O)CC1(CCN(C(=O)OCc3ccccc3)CC1)C2. The van der Waals surface area contributed by atoms with Crippen molar-refractivity contribution < 1.29 is 19.1 Å². The molecule has 0 bridgehead atoms. The van der Waals surface area contributed by atoms with E-state index in [2.05, 4.69) is 0 Å². The third kappa shape index (κ3) is 3.75. The van der Waals surface area contributed by atoms with Gasteiger partial charge in [-0.25, -0.2) is 4.79 Å². The summed E-state index contributed by atoms with van der Waals surface area (Å²) in [4.78, 5) is 26.9. The standard InChI is InChI=1S/C23H25NO4/c1-27-19-8-7-18-14-23(15-21(25)20(18)13-19)9-11-24(12-10-23)22(26)28-16-17-5-3-2-4-6-17/h2-8,13H,9-12,14-16H2,1H3. The lowest BCUT2D eigenvalue weighted by Gasteiger charge is -2.43. The lowest BCUT2D eigenvalue weighted by Crippen LogP contribution is -2.46. The maximum absolute atomic E-state index is 12.7. The fourth-order valence-electron chi connectivity index (χ4n) is 4.33. The van der Waals surface area contributed by atoms with Crippen molar-refractivity contribution in [2.24, 2.45) is 5.41 Å². The lowest BCUT2D eigenvalue weighted by atomic mass is 9.66. The van der Waals surface area contributed by atoms with Crippen LogP contribution in [0.3, 0.4) is 0 Å². The molecule has 1 fully saturated rings. The molecule has 0 radical (unpaired) electrons. The second-order valence-electron chi connectivity index (χ2n) is 7.83. The van der Waals surface area contributed by atoms with Gasteiger partial charge in [0.25, 0.3) is 0 Å². The Kier molecular flexibility index (Phi) is 5.07. The number of ketones is 1. The highest BCUT2D eigenvalue weighted by Gasteiger charge is 2.42. The highest BCUT2D eigenvalue weighted by atomic mass is 16.6. The molecule has 4 rings (SSSR count). The summed E-state index contributed by atoms with van der Waals surface area (Å²) in [5.74, 6) is 0.902. The Morgan fingerprint density at radius 2 is 1.82 bits per heavy atom. The maximum Gasteiger partial charge on any atom is 0.410 e. The number of rotatable bonds is 3. The van der Waals surface area contributed by atoms with E-state index < -0.39 is 0 Å². The number of carbonyl (C=O) groups excluding carboxylic acids is 2. The summed E-state index contributed by atoms with van der Waals surface area (Å²) in [7, 11) is 1.61. The fraction of sp³-hybridized carbons (Fsp3) is 0.391. The van der Waals surface area contributed by atoms with E-state index in [-0.39, 0.29) is 23.9 Å². The summed E-state index contributed by atoms with van der Waals surface area (Å²) in [6.45, 7) is 1.55. The second kappa shape index (κ2) is 7.66. The number of piperidine rings is 1. The number of fused-ring (bicyclic) bond motifs is 1. The summed E-state index contributed by atoms with van der Waals surface area (Å²) >= 11 is 0. The van der Waals surface area contributed by atoms with Crippen molar-refractivity contribution >= 4 is 11.9 Å². The van der Waals surface area contributed by atoms with Crippen LogP contribution in [-0.2, 0) is 17.8 Å². The molecule has 1 spiro atoms. The van der Waals surface area contributed by atoms with Crippen molar-refractivity contribution in [3.63, 3.8) is 0 Å². The summed E-state index contributed by atoms with van der Waals surface area (Å²) < 4.78 is 10.7. The van der Waals surface area contributed by atoms with Gasteiger partial charge in [-0.05, 0) is 47.9 Å². The molecule has 1 saturated heterocycles. The Labute approximate surface area is 165 Å². The van der Waals surface area contributed by atoms with Crippen molar-refractivity contribution in [1.82, 2.24) is 4.90 Å². The van der Waals surface area contributed by atoms with Crippen LogP contribution in [0.4, 0.5) is 4.79 Å². The number of amides is 1. The molecule has 0 aromatic heterocycles. The number of ether oxygens (including phenoxy) is 2. The fourth-order valence-corrected chi connectivity index (χ4v) is 4.33. The van der Waals surface area contributed by atoms with Gasteiger partial charge in [0, 0.05) is 25.1 Å². The van der Waals surface area contributed by atoms with Gasteiger partial charge in [0.15, 0.2) is 5.78 Å². The quantitative estimate of drug-likeness (QED) is 0.800. The van der Waals surface area contributed by atoms with Crippen molar-refractivity contribution in [3.05, 3.63) is 65.2 Å². The van der Waals surface area contributed by atoms with E-state index >= 15 is 0 Å². The first-order valence-electron chi connectivity index (χ1n) is 9.74. The van der Waals surface area contributed by atoms with E-state index in [1.54, 1.807) is 12.0 Å². The minimum Gasteiger partial charge on any atom is -0.497 e. The monoisotopic (exact) mass is 379 g/mol. The number of Topliss-reactive ketones (excluding diaryl/α,β-unsaturated/α-hetero) is 1. The minimum absolute atomic E-state index is 0.0467. The van der Waals surface area contributed by atoms with E-state index in [4.69, 9.17) is 9.47 Å². The Morgan fingerprint density at radius 3 is 2.54 bits per heavy atom. The zero-order chi connectivity index (χ0) is 19.6.